The molecule has 2 heterocycles. The molecule has 0 bridgehead atoms. The number of hydrogen-bond acceptors (Lipinski definition) is 5. The molecule has 0 aromatic carbocycles. The Hall–Kier alpha value is -1.83. The fraction of sp³-hybridized carbons (Fsp3) is 0.500. The van der Waals surface area contributed by atoms with Crippen LogP contribution in [0.5, 0.6) is 0 Å². The van der Waals surface area contributed by atoms with Gasteiger partial charge >= 0.3 is 0 Å². The van der Waals surface area contributed by atoms with Crippen molar-refractivity contribution in [2.75, 3.05) is 5.75 Å². The normalized spacial score (nSPS) is 12.6. The number of thioether (sulfide) groups is 1. The second-order valence-electron chi connectivity index (χ2n) is 4.67. The van der Waals surface area contributed by atoms with Crippen LogP contribution in [-0.4, -0.2) is 36.4 Å². The Morgan fingerprint density at radius 1 is 1.50 bits per heavy atom. The van der Waals surface area contributed by atoms with E-state index in [9.17, 15) is 4.79 Å². The number of H-pyrrole nitrogens is 1. The Labute approximate surface area is 121 Å². The molecule has 8 heteroatoms. The number of imidazole rings is 1. The molecule has 0 aliphatic carbocycles. The maximum absolute atomic E-state index is 11.9. The molecule has 0 radical (unpaired) electrons. The second kappa shape index (κ2) is 6.56. The van der Waals surface area contributed by atoms with Gasteiger partial charge in [0.05, 0.1) is 11.8 Å². The number of aromatic amines is 1. The highest BCUT2D eigenvalue weighted by Crippen LogP contribution is 2.18. The summed E-state index contributed by atoms with van der Waals surface area (Å²) < 4.78 is 1.94. The lowest BCUT2D eigenvalue weighted by atomic mass is 10.3. The van der Waals surface area contributed by atoms with E-state index in [1.165, 1.54) is 11.8 Å². The standard InChI is InChI=1S/C12H18N6OS/c1-8(2)18-7-15-17-12(18)20-6-10(19)16-9(3)11-13-4-5-14-11/h4-5,7-9H,6H2,1-3H3,(H,13,14)(H,16,19). The lowest BCUT2D eigenvalue weighted by Crippen LogP contribution is -2.29. The van der Waals surface area contributed by atoms with E-state index in [1.807, 2.05) is 25.3 Å². The third kappa shape index (κ3) is 3.60. The first-order valence-corrected chi connectivity index (χ1v) is 7.37. The van der Waals surface area contributed by atoms with E-state index < -0.39 is 0 Å². The van der Waals surface area contributed by atoms with Gasteiger partial charge in [0, 0.05) is 18.4 Å². The van der Waals surface area contributed by atoms with E-state index in [0.717, 1.165) is 11.0 Å². The van der Waals surface area contributed by atoms with E-state index in [0.29, 0.717) is 5.75 Å². The van der Waals surface area contributed by atoms with E-state index in [4.69, 9.17) is 0 Å². The number of aromatic nitrogens is 5. The number of rotatable bonds is 6. The molecule has 2 aromatic rings. The van der Waals surface area contributed by atoms with Crippen molar-refractivity contribution in [2.24, 2.45) is 0 Å². The molecule has 0 spiro atoms. The Bertz CT molecular complexity index is 550. The highest BCUT2D eigenvalue weighted by Gasteiger charge is 2.14. The molecule has 2 N–H and O–H groups in total. The molecule has 0 saturated carbocycles. The predicted molar refractivity (Wildman–Crippen MR) is 76.3 cm³/mol. The number of hydrogen-bond donors (Lipinski definition) is 2. The number of carbonyl (C=O) groups excluding carboxylic acids is 1. The van der Waals surface area contributed by atoms with Crippen molar-refractivity contribution in [3.05, 3.63) is 24.5 Å². The van der Waals surface area contributed by atoms with Gasteiger partial charge in [-0.1, -0.05) is 11.8 Å². The Balaban J connectivity index is 1.85. The summed E-state index contributed by atoms with van der Waals surface area (Å²) in [6.45, 7) is 5.98. The fourth-order valence-electron chi connectivity index (χ4n) is 1.69. The highest BCUT2D eigenvalue weighted by atomic mass is 32.2. The largest absolute Gasteiger partial charge is 0.347 e. The second-order valence-corrected chi connectivity index (χ2v) is 5.61. The molecule has 7 nitrogen and oxygen atoms in total. The van der Waals surface area contributed by atoms with Gasteiger partial charge in [-0.05, 0) is 20.8 Å². The minimum absolute atomic E-state index is 0.0581. The molecule has 1 amide bonds. The van der Waals surface area contributed by atoms with Crippen molar-refractivity contribution in [1.29, 1.82) is 0 Å². The monoisotopic (exact) mass is 294 g/mol. The number of nitrogens with zero attached hydrogens (tertiary/aromatic N) is 4. The highest BCUT2D eigenvalue weighted by molar-refractivity contribution is 7.99. The first kappa shape index (κ1) is 14.6. The lowest BCUT2D eigenvalue weighted by molar-refractivity contribution is -0.119. The Kier molecular flexibility index (Phi) is 4.78. The van der Waals surface area contributed by atoms with Gasteiger partial charge in [0.1, 0.15) is 12.2 Å². The van der Waals surface area contributed by atoms with Crippen LogP contribution in [0.15, 0.2) is 23.9 Å². The van der Waals surface area contributed by atoms with Gasteiger partial charge in [0.25, 0.3) is 0 Å². The number of amides is 1. The Morgan fingerprint density at radius 2 is 2.30 bits per heavy atom. The lowest BCUT2D eigenvalue weighted by Gasteiger charge is -2.12. The summed E-state index contributed by atoms with van der Waals surface area (Å²) in [5, 5.41) is 11.5. The van der Waals surface area contributed by atoms with Crippen molar-refractivity contribution < 1.29 is 4.79 Å². The molecule has 1 unspecified atom stereocenters. The van der Waals surface area contributed by atoms with E-state index in [1.54, 1.807) is 18.7 Å². The van der Waals surface area contributed by atoms with E-state index in [2.05, 4.69) is 25.5 Å². The summed E-state index contributed by atoms with van der Waals surface area (Å²) >= 11 is 1.38. The Morgan fingerprint density at radius 3 is 2.95 bits per heavy atom. The molecule has 0 aliphatic rings. The SMILES string of the molecule is CC(NC(=O)CSc1nncn1C(C)C)c1ncc[nH]1. The number of nitrogens with one attached hydrogen (secondary N) is 2. The van der Waals surface area contributed by atoms with Gasteiger partial charge in [-0.15, -0.1) is 10.2 Å². The summed E-state index contributed by atoms with van der Waals surface area (Å²) in [4.78, 5) is 19.0. The first-order valence-electron chi connectivity index (χ1n) is 6.39. The maximum Gasteiger partial charge on any atom is 0.231 e. The van der Waals surface area contributed by atoms with Crippen molar-refractivity contribution in [2.45, 2.75) is 38.0 Å². The van der Waals surface area contributed by atoms with Gasteiger partial charge in [0.2, 0.25) is 5.91 Å². The summed E-state index contributed by atoms with van der Waals surface area (Å²) in [6, 6.07) is 0.138. The summed E-state index contributed by atoms with van der Waals surface area (Å²) in [5.41, 5.74) is 0. The summed E-state index contributed by atoms with van der Waals surface area (Å²) in [5.74, 6) is 0.988. The number of carbonyl (C=O) groups is 1. The average molecular weight is 294 g/mol. The van der Waals surface area contributed by atoms with Gasteiger partial charge in [-0.3, -0.25) is 4.79 Å². The van der Waals surface area contributed by atoms with Crippen LogP contribution in [0.4, 0.5) is 0 Å². The molecule has 0 fully saturated rings. The van der Waals surface area contributed by atoms with Crippen LogP contribution in [-0.2, 0) is 4.79 Å². The van der Waals surface area contributed by atoms with Crippen LogP contribution in [0.25, 0.3) is 0 Å². The molecule has 0 aliphatic heterocycles. The van der Waals surface area contributed by atoms with Crippen LogP contribution in [0.1, 0.15) is 38.7 Å². The summed E-state index contributed by atoms with van der Waals surface area (Å²) in [7, 11) is 0. The molecule has 108 valence electrons. The molecular weight excluding hydrogens is 276 g/mol. The quantitative estimate of drug-likeness (QED) is 0.789. The molecule has 20 heavy (non-hydrogen) atoms. The van der Waals surface area contributed by atoms with Crippen LogP contribution in [0.2, 0.25) is 0 Å². The minimum atomic E-state index is -0.138. The van der Waals surface area contributed by atoms with Gasteiger partial charge in [-0.25, -0.2) is 4.98 Å². The van der Waals surface area contributed by atoms with E-state index >= 15 is 0 Å². The molecule has 2 aromatic heterocycles. The third-order valence-corrected chi connectivity index (χ3v) is 3.69. The molecule has 2 rings (SSSR count). The fourth-order valence-corrected chi connectivity index (χ4v) is 2.54. The van der Waals surface area contributed by atoms with Gasteiger partial charge in [0.15, 0.2) is 5.16 Å². The van der Waals surface area contributed by atoms with E-state index in [-0.39, 0.29) is 18.0 Å². The molecule has 0 saturated heterocycles. The topological polar surface area (TPSA) is 88.5 Å². The molecular formula is C12H18N6OS. The van der Waals surface area contributed by atoms with Crippen LogP contribution < -0.4 is 5.32 Å². The average Bonchev–Trinajstić information content (AvgIpc) is 3.07. The van der Waals surface area contributed by atoms with Crippen molar-refractivity contribution in [3.63, 3.8) is 0 Å². The zero-order valence-corrected chi connectivity index (χ0v) is 12.5. The van der Waals surface area contributed by atoms with Crippen LogP contribution >= 0.6 is 11.8 Å². The summed E-state index contributed by atoms with van der Waals surface area (Å²) in [6.07, 6.45) is 5.08. The zero-order chi connectivity index (χ0) is 14.5. The minimum Gasteiger partial charge on any atom is -0.347 e. The third-order valence-electron chi connectivity index (χ3n) is 2.74. The van der Waals surface area contributed by atoms with Crippen LogP contribution in [0.3, 0.4) is 0 Å². The maximum atomic E-state index is 11.9. The van der Waals surface area contributed by atoms with Crippen molar-refractivity contribution in [3.8, 4) is 0 Å². The zero-order valence-electron chi connectivity index (χ0n) is 11.7. The van der Waals surface area contributed by atoms with Crippen LogP contribution in [0, 0.1) is 0 Å². The smallest absolute Gasteiger partial charge is 0.231 e. The van der Waals surface area contributed by atoms with Gasteiger partial charge in [-0.2, -0.15) is 0 Å². The van der Waals surface area contributed by atoms with Crippen molar-refractivity contribution >= 4 is 17.7 Å². The van der Waals surface area contributed by atoms with Gasteiger partial charge < -0.3 is 14.9 Å². The predicted octanol–water partition coefficient (Wildman–Crippen LogP) is 1.55. The first-order chi connectivity index (χ1) is 9.58. The van der Waals surface area contributed by atoms with Crippen molar-refractivity contribution in [1.82, 2.24) is 30.0 Å². The molecule has 1 atom stereocenters.